The topological polar surface area (TPSA) is 134 Å². The van der Waals surface area contributed by atoms with Crippen molar-refractivity contribution < 1.29 is 38.0 Å². The van der Waals surface area contributed by atoms with E-state index in [9.17, 15) is 4.79 Å². The molecule has 12 nitrogen and oxygen atoms in total. The van der Waals surface area contributed by atoms with Crippen molar-refractivity contribution in [1.82, 2.24) is 15.5 Å². The van der Waals surface area contributed by atoms with E-state index in [0.717, 1.165) is 58.2 Å². The monoisotopic (exact) mass is 598 g/mol. The van der Waals surface area contributed by atoms with Gasteiger partial charge in [0.2, 0.25) is 0 Å². The Morgan fingerprint density at radius 2 is 1.63 bits per heavy atom. The van der Waals surface area contributed by atoms with Crippen LogP contribution in [0, 0.1) is 0 Å². The third-order valence-corrected chi connectivity index (χ3v) is 6.52. The van der Waals surface area contributed by atoms with E-state index in [0.29, 0.717) is 71.8 Å². The number of aromatic amines is 1. The number of hydrogen-bond donors (Lipinski definition) is 3. The predicted octanol–water partition coefficient (Wildman–Crippen LogP) is 4.70. The summed E-state index contributed by atoms with van der Waals surface area (Å²) in [6.45, 7) is 8.80. The lowest BCUT2D eigenvalue weighted by Gasteiger charge is -2.14. The average Bonchev–Trinajstić information content (AvgIpc) is 3.56. The van der Waals surface area contributed by atoms with E-state index in [-0.39, 0.29) is 0 Å². The fraction of sp³-hybridized carbons (Fsp3) is 0.484. The summed E-state index contributed by atoms with van der Waals surface area (Å²) < 4.78 is 38.7. The highest BCUT2D eigenvalue weighted by Crippen LogP contribution is 2.44. The molecule has 43 heavy (non-hydrogen) atoms. The fourth-order valence-corrected chi connectivity index (χ4v) is 4.57. The molecule has 0 unspecified atom stereocenters. The lowest BCUT2D eigenvalue weighted by Crippen LogP contribution is -2.27. The molecule has 1 amide bonds. The SMILES string of the molecule is CCOc1cccc(Nc2n[nH]c3c2Cc2cc(OCC)c(OCCCOCCOCCOCCNC(=O)OC)cc2-3)c1. The van der Waals surface area contributed by atoms with Crippen molar-refractivity contribution in [1.29, 1.82) is 0 Å². The Kier molecular flexibility index (Phi) is 12.8. The molecule has 1 aliphatic carbocycles. The number of aromatic nitrogens is 2. The van der Waals surface area contributed by atoms with Gasteiger partial charge >= 0.3 is 6.09 Å². The maximum Gasteiger partial charge on any atom is 0.406 e. The van der Waals surface area contributed by atoms with Crippen molar-refractivity contribution in [2.75, 3.05) is 78.4 Å². The Morgan fingerprint density at radius 3 is 2.40 bits per heavy atom. The quantitative estimate of drug-likeness (QED) is 0.123. The van der Waals surface area contributed by atoms with Crippen molar-refractivity contribution in [2.24, 2.45) is 0 Å². The van der Waals surface area contributed by atoms with E-state index >= 15 is 0 Å². The predicted molar refractivity (Wildman–Crippen MR) is 162 cm³/mol. The number of hydrogen-bond acceptors (Lipinski definition) is 10. The first-order chi connectivity index (χ1) is 21.1. The van der Waals surface area contributed by atoms with Gasteiger partial charge in [-0.05, 0) is 43.7 Å². The molecule has 3 aromatic rings. The summed E-state index contributed by atoms with van der Waals surface area (Å²) in [5, 5.41) is 13.7. The van der Waals surface area contributed by atoms with Crippen molar-refractivity contribution in [3.05, 3.63) is 47.5 Å². The molecule has 3 N–H and O–H groups in total. The molecule has 0 saturated carbocycles. The Hall–Kier alpha value is -4.00. The van der Waals surface area contributed by atoms with Gasteiger partial charge in [-0.3, -0.25) is 5.10 Å². The van der Waals surface area contributed by atoms with Crippen molar-refractivity contribution in [3.63, 3.8) is 0 Å². The van der Waals surface area contributed by atoms with E-state index < -0.39 is 6.09 Å². The molecule has 1 aromatic heterocycles. The molecular weight excluding hydrogens is 556 g/mol. The number of amides is 1. The number of carbonyl (C=O) groups is 1. The third-order valence-electron chi connectivity index (χ3n) is 6.52. The van der Waals surface area contributed by atoms with Crippen LogP contribution >= 0.6 is 0 Å². The van der Waals surface area contributed by atoms with Gasteiger partial charge in [0.25, 0.3) is 0 Å². The maximum absolute atomic E-state index is 10.9. The fourth-order valence-electron chi connectivity index (χ4n) is 4.57. The van der Waals surface area contributed by atoms with Gasteiger partial charge in [0.05, 0.1) is 65.7 Å². The van der Waals surface area contributed by atoms with Gasteiger partial charge in [-0.15, -0.1) is 0 Å². The van der Waals surface area contributed by atoms with Crippen molar-refractivity contribution in [3.8, 4) is 28.5 Å². The summed E-state index contributed by atoms with van der Waals surface area (Å²) in [5.74, 6) is 3.04. The van der Waals surface area contributed by atoms with E-state index in [1.54, 1.807) is 0 Å². The molecule has 12 heteroatoms. The summed E-state index contributed by atoms with van der Waals surface area (Å²) in [7, 11) is 1.32. The van der Waals surface area contributed by atoms with E-state index in [4.69, 9.17) is 28.4 Å². The lowest BCUT2D eigenvalue weighted by atomic mass is 10.1. The van der Waals surface area contributed by atoms with Crippen LogP contribution in [0.15, 0.2) is 36.4 Å². The van der Waals surface area contributed by atoms with Gasteiger partial charge in [-0.2, -0.15) is 5.10 Å². The number of carbonyl (C=O) groups excluding carboxylic acids is 1. The van der Waals surface area contributed by atoms with Crippen LogP contribution in [0.3, 0.4) is 0 Å². The van der Waals surface area contributed by atoms with Crippen LogP contribution < -0.4 is 24.8 Å². The molecule has 0 bridgehead atoms. The standard InChI is InChI=1S/C31H42N4O8/c1-4-41-24-9-6-8-23(20-24)33-30-26-18-22-19-27(42-5-2)28(21-25(22)29(26)34-35-30)43-12-7-11-38-14-16-40-17-15-39-13-10-32-31(36)37-3/h6,8-9,19-21H,4-5,7,10-18H2,1-3H3,(H,32,36)(H2,33,34,35). The van der Waals surface area contributed by atoms with Gasteiger partial charge < -0.3 is 43.8 Å². The van der Waals surface area contributed by atoms with Crippen molar-refractivity contribution >= 4 is 17.6 Å². The van der Waals surface area contributed by atoms with Crippen LogP contribution in [-0.4, -0.2) is 89.4 Å². The number of methoxy groups -OCH3 is 1. The molecule has 1 heterocycles. The molecule has 1 aliphatic rings. The van der Waals surface area contributed by atoms with Gasteiger partial charge in [-0.25, -0.2) is 4.79 Å². The summed E-state index contributed by atoms with van der Waals surface area (Å²) in [6.07, 6.45) is 0.993. The molecule has 2 aromatic carbocycles. The number of fused-ring (bicyclic) bond motifs is 3. The first kappa shape index (κ1) is 31.9. The highest BCUT2D eigenvalue weighted by molar-refractivity contribution is 5.81. The number of anilines is 2. The molecule has 0 atom stereocenters. The molecule has 0 saturated heterocycles. The number of benzene rings is 2. The Bertz CT molecular complexity index is 1300. The summed E-state index contributed by atoms with van der Waals surface area (Å²) in [5.41, 5.74) is 5.23. The average molecular weight is 599 g/mol. The number of H-pyrrole nitrogens is 1. The van der Waals surface area contributed by atoms with Gasteiger partial charge in [-0.1, -0.05) is 6.07 Å². The number of rotatable bonds is 20. The molecule has 0 spiro atoms. The Labute approximate surface area is 252 Å². The van der Waals surface area contributed by atoms with E-state index in [1.807, 2.05) is 44.2 Å². The summed E-state index contributed by atoms with van der Waals surface area (Å²) in [4.78, 5) is 10.9. The second-order valence-corrected chi connectivity index (χ2v) is 9.53. The molecule has 0 radical (unpaired) electrons. The normalized spacial score (nSPS) is 11.5. The van der Waals surface area contributed by atoms with Crippen LogP contribution in [0.4, 0.5) is 16.3 Å². The molecule has 0 fully saturated rings. The summed E-state index contributed by atoms with van der Waals surface area (Å²) >= 11 is 0. The molecule has 234 valence electrons. The first-order valence-electron chi connectivity index (χ1n) is 14.7. The van der Waals surface area contributed by atoms with Crippen LogP contribution in [0.1, 0.15) is 31.4 Å². The Balaban J connectivity index is 1.19. The number of alkyl carbamates (subject to hydrolysis) is 1. The largest absolute Gasteiger partial charge is 0.494 e. The second-order valence-electron chi connectivity index (χ2n) is 9.53. The zero-order valence-electron chi connectivity index (χ0n) is 25.2. The smallest absolute Gasteiger partial charge is 0.406 e. The second kappa shape index (κ2) is 17.2. The maximum atomic E-state index is 10.9. The first-order valence-corrected chi connectivity index (χ1v) is 14.7. The minimum atomic E-state index is -0.472. The molecular formula is C31H42N4O8. The zero-order valence-corrected chi connectivity index (χ0v) is 25.2. The minimum absolute atomic E-state index is 0.392. The number of nitrogens with one attached hydrogen (secondary N) is 3. The summed E-state index contributed by atoms with van der Waals surface area (Å²) in [6, 6.07) is 12.0. The van der Waals surface area contributed by atoms with Crippen molar-refractivity contribution in [2.45, 2.75) is 26.7 Å². The van der Waals surface area contributed by atoms with Crippen LogP contribution in [0.25, 0.3) is 11.3 Å². The van der Waals surface area contributed by atoms with Crippen LogP contribution in [0.5, 0.6) is 17.2 Å². The van der Waals surface area contributed by atoms with Gasteiger partial charge in [0.1, 0.15) is 5.75 Å². The van der Waals surface area contributed by atoms with Crippen LogP contribution in [0.2, 0.25) is 0 Å². The highest BCUT2D eigenvalue weighted by atomic mass is 16.6. The number of ether oxygens (including phenoxy) is 7. The zero-order chi connectivity index (χ0) is 30.3. The van der Waals surface area contributed by atoms with Gasteiger partial charge in [0.15, 0.2) is 17.3 Å². The highest BCUT2D eigenvalue weighted by Gasteiger charge is 2.27. The van der Waals surface area contributed by atoms with Gasteiger partial charge in [0, 0.05) is 48.9 Å². The molecule has 0 aliphatic heterocycles. The van der Waals surface area contributed by atoms with Crippen LogP contribution in [-0.2, 0) is 25.4 Å². The number of nitrogens with zero attached hydrogens (tertiary/aromatic N) is 1. The Morgan fingerprint density at radius 1 is 0.884 bits per heavy atom. The minimum Gasteiger partial charge on any atom is -0.494 e. The lowest BCUT2D eigenvalue weighted by molar-refractivity contribution is 0.0133. The molecule has 4 rings (SSSR count). The van der Waals surface area contributed by atoms with E-state index in [2.05, 4.69) is 31.6 Å². The third kappa shape index (κ3) is 9.50. The van der Waals surface area contributed by atoms with E-state index in [1.165, 1.54) is 7.11 Å².